The van der Waals surface area contributed by atoms with Crippen LogP contribution in [0, 0.1) is 0 Å². The molecular formula is C10H14ClNO3. The summed E-state index contributed by atoms with van der Waals surface area (Å²) in [6.07, 6.45) is 2.45. The van der Waals surface area contributed by atoms with E-state index in [2.05, 4.69) is 5.32 Å². The fourth-order valence-electron chi connectivity index (χ4n) is 1.69. The van der Waals surface area contributed by atoms with Gasteiger partial charge in [0.1, 0.15) is 11.8 Å². The van der Waals surface area contributed by atoms with E-state index >= 15 is 0 Å². The summed E-state index contributed by atoms with van der Waals surface area (Å²) in [6, 6.07) is 1.47. The minimum atomic E-state index is -0.350. The van der Waals surface area contributed by atoms with Crippen molar-refractivity contribution in [2.75, 3.05) is 13.2 Å². The van der Waals surface area contributed by atoms with Crippen LogP contribution in [-0.4, -0.2) is 19.1 Å². The highest BCUT2D eigenvalue weighted by atomic mass is 35.5. The molecule has 0 amide bonds. The largest absolute Gasteiger partial charge is 0.469 e. The Kier molecular flexibility index (Phi) is 4.17. The molecule has 0 radical (unpaired) electrons. The molecule has 2 heterocycles. The molecule has 1 aromatic heterocycles. The van der Waals surface area contributed by atoms with Crippen LogP contribution in [0.3, 0.4) is 0 Å². The molecule has 4 nitrogen and oxygen atoms in total. The average Bonchev–Trinajstić information content (AvgIpc) is 2.65. The molecule has 1 aliphatic heterocycles. The first-order valence-electron chi connectivity index (χ1n) is 4.79. The Balaban J connectivity index is 0.00000112. The van der Waals surface area contributed by atoms with Crippen molar-refractivity contribution < 1.29 is 13.9 Å². The first kappa shape index (κ1) is 12.1. The first-order valence-corrected chi connectivity index (χ1v) is 4.79. The van der Waals surface area contributed by atoms with Crippen LogP contribution in [0.2, 0.25) is 0 Å². The van der Waals surface area contributed by atoms with Gasteiger partial charge in [0.2, 0.25) is 0 Å². The van der Waals surface area contributed by atoms with Gasteiger partial charge >= 0.3 is 5.97 Å². The molecule has 1 atom stereocenters. The van der Waals surface area contributed by atoms with Crippen molar-refractivity contribution in [1.82, 2.24) is 5.32 Å². The second kappa shape index (κ2) is 5.19. The molecule has 0 bridgehead atoms. The van der Waals surface area contributed by atoms with Gasteiger partial charge in [-0.3, -0.25) is 0 Å². The fraction of sp³-hybridized carbons (Fsp3) is 0.500. The summed E-state index contributed by atoms with van der Waals surface area (Å²) in [7, 11) is 0. The zero-order valence-electron chi connectivity index (χ0n) is 8.49. The summed E-state index contributed by atoms with van der Waals surface area (Å²) in [6.45, 7) is 2.96. The van der Waals surface area contributed by atoms with Gasteiger partial charge in [0.05, 0.1) is 12.9 Å². The molecular weight excluding hydrogens is 218 g/mol. The Morgan fingerprint density at radius 3 is 3.27 bits per heavy atom. The van der Waals surface area contributed by atoms with Crippen molar-refractivity contribution in [2.45, 2.75) is 19.4 Å². The number of hydrogen-bond donors (Lipinski definition) is 1. The molecule has 5 heteroatoms. The number of fused-ring (bicyclic) bond motifs is 1. The van der Waals surface area contributed by atoms with Crippen LogP contribution >= 0.6 is 12.4 Å². The standard InChI is InChI=1S/C10H13NO3.ClH/c1-2-13-10(12)9-7-4-6-14-8(7)3-5-11-9;/h4,6,9,11H,2-3,5H2,1H3;1H. The van der Waals surface area contributed by atoms with E-state index in [9.17, 15) is 4.79 Å². The van der Waals surface area contributed by atoms with Crippen LogP contribution in [0.5, 0.6) is 0 Å². The highest BCUT2D eigenvalue weighted by molar-refractivity contribution is 5.85. The summed E-state index contributed by atoms with van der Waals surface area (Å²) < 4.78 is 10.2. The van der Waals surface area contributed by atoms with Gasteiger partial charge in [-0.15, -0.1) is 12.4 Å². The normalized spacial score (nSPS) is 18.9. The third kappa shape index (κ3) is 2.33. The minimum absolute atomic E-state index is 0. The van der Waals surface area contributed by atoms with Gasteiger partial charge in [-0.05, 0) is 13.0 Å². The van der Waals surface area contributed by atoms with E-state index in [0.717, 1.165) is 24.3 Å². The molecule has 1 aromatic rings. The van der Waals surface area contributed by atoms with Gasteiger partial charge in [0.15, 0.2) is 0 Å². The predicted octanol–water partition coefficient (Wildman–Crippen LogP) is 1.45. The van der Waals surface area contributed by atoms with Gasteiger partial charge < -0.3 is 14.5 Å². The zero-order chi connectivity index (χ0) is 9.97. The van der Waals surface area contributed by atoms with Crippen LogP contribution in [0.15, 0.2) is 16.7 Å². The lowest BCUT2D eigenvalue weighted by atomic mass is 10.0. The lowest BCUT2D eigenvalue weighted by molar-refractivity contribution is -0.146. The Bertz CT molecular complexity index is 337. The molecule has 84 valence electrons. The molecule has 0 saturated heterocycles. The number of carbonyl (C=O) groups is 1. The van der Waals surface area contributed by atoms with Gasteiger partial charge in [-0.2, -0.15) is 0 Å². The molecule has 0 aromatic carbocycles. The van der Waals surface area contributed by atoms with E-state index in [1.54, 1.807) is 13.2 Å². The molecule has 15 heavy (non-hydrogen) atoms. The SMILES string of the molecule is CCOC(=O)C1NCCc2occc21.Cl. The number of ether oxygens (including phenoxy) is 1. The third-order valence-electron chi connectivity index (χ3n) is 2.31. The number of furan rings is 1. The van der Waals surface area contributed by atoms with Crippen molar-refractivity contribution in [3.8, 4) is 0 Å². The molecule has 2 rings (SSSR count). The molecule has 0 aliphatic carbocycles. The van der Waals surface area contributed by atoms with E-state index in [1.165, 1.54) is 0 Å². The maximum atomic E-state index is 11.5. The summed E-state index contributed by atoms with van der Waals surface area (Å²) in [4.78, 5) is 11.5. The number of carbonyl (C=O) groups excluding carboxylic acids is 1. The minimum Gasteiger partial charge on any atom is -0.469 e. The Morgan fingerprint density at radius 2 is 2.53 bits per heavy atom. The lowest BCUT2D eigenvalue weighted by Gasteiger charge is -2.21. The molecule has 1 unspecified atom stereocenters. The smallest absolute Gasteiger partial charge is 0.327 e. The fourth-order valence-corrected chi connectivity index (χ4v) is 1.69. The van der Waals surface area contributed by atoms with Crippen molar-refractivity contribution in [1.29, 1.82) is 0 Å². The summed E-state index contributed by atoms with van der Waals surface area (Å²) in [5, 5.41) is 3.11. The van der Waals surface area contributed by atoms with Crippen LogP contribution in [0.25, 0.3) is 0 Å². The second-order valence-corrected chi connectivity index (χ2v) is 3.19. The van der Waals surface area contributed by atoms with Gasteiger partial charge in [0, 0.05) is 18.5 Å². The van der Waals surface area contributed by atoms with Gasteiger partial charge in [-0.25, -0.2) is 4.79 Å². The molecule has 0 fully saturated rings. The highest BCUT2D eigenvalue weighted by Crippen LogP contribution is 2.24. The van der Waals surface area contributed by atoms with E-state index in [4.69, 9.17) is 9.15 Å². The third-order valence-corrected chi connectivity index (χ3v) is 2.31. The van der Waals surface area contributed by atoms with Crippen LogP contribution in [0.4, 0.5) is 0 Å². The van der Waals surface area contributed by atoms with Gasteiger partial charge in [0.25, 0.3) is 0 Å². The van der Waals surface area contributed by atoms with E-state index in [0.29, 0.717) is 6.61 Å². The maximum absolute atomic E-state index is 11.5. The predicted molar refractivity (Wildman–Crippen MR) is 57.0 cm³/mol. The lowest BCUT2D eigenvalue weighted by Crippen LogP contribution is -2.35. The Labute approximate surface area is 94.4 Å². The van der Waals surface area contributed by atoms with Crippen molar-refractivity contribution >= 4 is 18.4 Å². The Morgan fingerprint density at radius 1 is 1.73 bits per heavy atom. The van der Waals surface area contributed by atoms with Gasteiger partial charge in [-0.1, -0.05) is 0 Å². The number of rotatable bonds is 2. The Hall–Kier alpha value is -1.00. The highest BCUT2D eigenvalue weighted by Gasteiger charge is 2.28. The quantitative estimate of drug-likeness (QED) is 0.783. The van der Waals surface area contributed by atoms with E-state index in [1.807, 2.05) is 6.07 Å². The molecule has 0 saturated carbocycles. The number of halogens is 1. The monoisotopic (exact) mass is 231 g/mol. The zero-order valence-corrected chi connectivity index (χ0v) is 9.30. The molecule has 1 N–H and O–H groups in total. The molecule has 0 spiro atoms. The molecule has 1 aliphatic rings. The summed E-state index contributed by atoms with van der Waals surface area (Å²) in [5.41, 5.74) is 0.912. The van der Waals surface area contributed by atoms with Crippen LogP contribution in [0.1, 0.15) is 24.3 Å². The summed E-state index contributed by atoms with van der Waals surface area (Å²) in [5.74, 6) is 0.664. The second-order valence-electron chi connectivity index (χ2n) is 3.19. The number of hydrogen-bond acceptors (Lipinski definition) is 4. The van der Waals surface area contributed by atoms with Crippen LogP contribution < -0.4 is 5.32 Å². The number of esters is 1. The average molecular weight is 232 g/mol. The van der Waals surface area contributed by atoms with Crippen LogP contribution in [-0.2, 0) is 16.0 Å². The van der Waals surface area contributed by atoms with E-state index in [-0.39, 0.29) is 24.4 Å². The van der Waals surface area contributed by atoms with Crippen molar-refractivity contribution in [2.24, 2.45) is 0 Å². The topological polar surface area (TPSA) is 51.5 Å². The van der Waals surface area contributed by atoms with Crippen molar-refractivity contribution in [3.63, 3.8) is 0 Å². The summed E-state index contributed by atoms with van der Waals surface area (Å²) >= 11 is 0. The first-order chi connectivity index (χ1) is 6.83. The number of nitrogens with one attached hydrogen (secondary N) is 1. The van der Waals surface area contributed by atoms with Crippen molar-refractivity contribution in [3.05, 3.63) is 23.7 Å². The maximum Gasteiger partial charge on any atom is 0.327 e. The van der Waals surface area contributed by atoms with E-state index < -0.39 is 0 Å².